The van der Waals surface area contributed by atoms with E-state index < -0.39 is 23.1 Å². The molecule has 6 rings (SSSR count). The second kappa shape index (κ2) is 7.84. The summed E-state index contributed by atoms with van der Waals surface area (Å²) in [5.41, 5.74) is 1.16. The molecular weight excluding hydrogens is 457 g/mol. The maximum Gasteiger partial charge on any atom is 0.343 e. The third kappa shape index (κ3) is 3.20. The Hall–Kier alpha value is -3.34. The summed E-state index contributed by atoms with van der Waals surface area (Å²) < 4.78 is 26.5. The molecule has 0 radical (unpaired) electrons. The van der Waals surface area contributed by atoms with Gasteiger partial charge in [0.15, 0.2) is 17.2 Å². The fourth-order valence-corrected chi connectivity index (χ4v) is 5.34. The van der Waals surface area contributed by atoms with E-state index in [0.717, 1.165) is 24.2 Å². The SMILES string of the molecule is CC[C@@]1(O)C(=O)OCc2c1cc1n(c2=O)Cc2c-1nc1cc(F)c(O)cc1c2CN1CCOCC1. The number of carbonyl (C=O) groups excluding carboxylic acids is 1. The van der Waals surface area contributed by atoms with Crippen molar-refractivity contribution in [1.29, 1.82) is 0 Å². The van der Waals surface area contributed by atoms with Crippen LogP contribution < -0.4 is 5.56 Å². The number of fused-ring (bicyclic) bond motifs is 5. The van der Waals surface area contributed by atoms with E-state index >= 15 is 0 Å². The molecule has 10 heteroatoms. The van der Waals surface area contributed by atoms with Gasteiger partial charge in [-0.25, -0.2) is 14.2 Å². The summed E-state index contributed by atoms with van der Waals surface area (Å²) >= 11 is 0. The molecule has 0 bridgehead atoms. The summed E-state index contributed by atoms with van der Waals surface area (Å²) in [6.45, 7) is 4.82. The smallest absolute Gasteiger partial charge is 0.343 e. The van der Waals surface area contributed by atoms with Gasteiger partial charge in [0.25, 0.3) is 5.56 Å². The lowest BCUT2D eigenvalue weighted by molar-refractivity contribution is -0.172. The van der Waals surface area contributed by atoms with Crippen LogP contribution in [0.15, 0.2) is 23.0 Å². The molecule has 1 atom stereocenters. The number of hydrogen-bond donors (Lipinski definition) is 2. The van der Waals surface area contributed by atoms with E-state index in [-0.39, 0.29) is 36.3 Å². The number of aromatic hydroxyl groups is 1. The molecule has 0 spiro atoms. The van der Waals surface area contributed by atoms with Crippen molar-refractivity contribution in [2.24, 2.45) is 0 Å². The van der Waals surface area contributed by atoms with Crippen LogP contribution in [0.4, 0.5) is 4.39 Å². The van der Waals surface area contributed by atoms with Crippen LogP contribution in [0.5, 0.6) is 5.75 Å². The summed E-state index contributed by atoms with van der Waals surface area (Å²) in [7, 11) is 0. The number of cyclic esters (lactones) is 1. The van der Waals surface area contributed by atoms with E-state index in [9.17, 15) is 24.2 Å². The van der Waals surface area contributed by atoms with Gasteiger partial charge in [0.1, 0.15) is 6.61 Å². The topological polar surface area (TPSA) is 114 Å². The first-order chi connectivity index (χ1) is 16.8. The van der Waals surface area contributed by atoms with Crippen LogP contribution in [0.25, 0.3) is 22.3 Å². The van der Waals surface area contributed by atoms with E-state index in [1.54, 1.807) is 17.6 Å². The molecule has 0 aliphatic carbocycles. The Balaban J connectivity index is 1.60. The number of benzene rings is 1. The highest BCUT2D eigenvalue weighted by Crippen LogP contribution is 2.41. The van der Waals surface area contributed by atoms with Crippen molar-refractivity contribution in [3.05, 3.63) is 56.6 Å². The lowest BCUT2D eigenvalue weighted by Crippen LogP contribution is -2.44. The first-order valence-electron chi connectivity index (χ1n) is 11.6. The van der Waals surface area contributed by atoms with Crippen LogP contribution in [0.1, 0.15) is 35.6 Å². The van der Waals surface area contributed by atoms with E-state index in [0.29, 0.717) is 42.0 Å². The summed E-state index contributed by atoms with van der Waals surface area (Å²) in [6.07, 6.45) is 0.0481. The molecule has 2 aromatic heterocycles. The number of esters is 1. The minimum absolute atomic E-state index is 0.0481. The van der Waals surface area contributed by atoms with E-state index in [4.69, 9.17) is 9.47 Å². The largest absolute Gasteiger partial charge is 0.505 e. The number of hydrogen-bond acceptors (Lipinski definition) is 8. The number of aliphatic hydroxyl groups is 1. The molecule has 0 amide bonds. The van der Waals surface area contributed by atoms with Crippen LogP contribution in [0.3, 0.4) is 0 Å². The molecular formula is C25H24FN3O6. The zero-order valence-corrected chi connectivity index (χ0v) is 19.1. The van der Waals surface area contributed by atoms with Gasteiger partial charge in [0.05, 0.1) is 42.2 Å². The average molecular weight is 481 g/mol. The van der Waals surface area contributed by atoms with Crippen molar-refractivity contribution in [3.63, 3.8) is 0 Å². The summed E-state index contributed by atoms with van der Waals surface area (Å²) in [5, 5.41) is 21.8. The van der Waals surface area contributed by atoms with Crippen molar-refractivity contribution in [1.82, 2.24) is 14.5 Å². The van der Waals surface area contributed by atoms with Gasteiger partial charge >= 0.3 is 5.97 Å². The third-order valence-electron chi connectivity index (χ3n) is 7.36. The van der Waals surface area contributed by atoms with Crippen molar-refractivity contribution in [2.75, 3.05) is 26.3 Å². The number of nitrogens with zero attached hydrogens (tertiary/aromatic N) is 3. The zero-order chi connectivity index (χ0) is 24.5. The van der Waals surface area contributed by atoms with Gasteiger partial charge in [-0.2, -0.15) is 0 Å². The molecule has 9 nitrogen and oxygen atoms in total. The Morgan fingerprint density at radius 3 is 2.69 bits per heavy atom. The Morgan fingerprint density at radius 2 is 1.94 bits per heavy atom. The standard InChI is InChI=1S/C25H24FN3O6/c1-2-25(33)17-8-20-22-15(11-29(20)23(31)16(17)12-35-24(25)32)14(10-28-3-5-34-6-4-28)13-7-21(30)18(26)9-19(13)27-22/h7-9,30,33H,2-6,10-12H2,1H3/t25-/m0/s1. The molecule has 35 heavy (non-hydrogen) atoms. The normalized spacial score (nSPS) is 21.5. The van der Waals surface area contributed by atoms with Gasteiger partial charge in [-0.05, 0) is 24.1 Å². The summed E-state index contributed by atoms with van der Waals surface area (Å²) in [6, 6.07) is 4.21. The fourth-order valence-electron chi connectivity index (χ4n) is 5.34. The van der Waals surface area contributed by atoms with Crippen molar-refractivity contribution in [3.8, 4) is 17.1 Å². The Morgan fingerprint density at radius 1 is 1.17 bits per heavy atom. The van der Waals surface area contributed by atoms with Crippen LogP contribution in [0.2, 0.25) is 0 Å². The van der Waals surface area contributed by atoms with Crippen molar-refractivity contribution >= 4 is 16.9 Å². The van der Waals surface area contributed by atoms with Crippen molar-refractivity contribution < 1.29 is 28.9 Å². The number of halogens is 1. The van der Waals surface area contributed by atoms with E-state index in [2.05, 4.69) is 9.88 Å². The van der Waals surface area contributed by atoms with Crippen molar-refractivity contribution in [2.45, 2.75) is 38.6 Å². The molecule has 3 aliphatic heterocycles. The predicted molar refractivity (Wildman–Crippen MR) is 122 cm³/mol. The minimum atomic E-state index is -1.92. The number of phenols is 1. The molecule has 2 N–H and O–H groups in total. The van der Waals surface area contributed by atoms with Gasteiger partial charge in [-0.3, -0.25) is 9.69 Å². The van der Waals surface area contributed by atoms with E-state index in [1.807, 2.05) is 0 Å². The minimum Gasteiger partial charge on any atom is -0.505 e. The number of carbonyl (C=O) groups is 1. The monoisotopic (exact) mass is 481 g/mol. The molecule has 0 unspecified atom stereocenters. The number of phenolic OH excluding ortho intramolecular Hbond substituents is 1. The van der Waals surface area contributed by atoms with Gasteiger partial charge in [-0.1, -0.05) is 6.92 Å². The van der Waals surface area contributed by atoms with Crippen LogP contribution in [-0.2, 0) is 39.6 Å². The third-order valence-corrected chi connectivity index (χ3v) is 7.36. The number of morpholine rings is 1. The fraction of sp³-hybridized carbons (Fsp3) is 0.400. The quantitative estimate of drug-likeness (QED) is 0.426. The number of rotatable bonds is 3. The molecule has 1 fully saturated rings. The second-order valence-corrected chi connectivity index (χ2v) is 9.23. The maximum atomic E-state index is 14.3. The molecule has 3 aliphatic rings. The number of aromatic nitrogens is 2. The van der Waals surface area contributed by atoms with Gasteiger partial charge in [-0.15, -0.1) is 0 Å². The summed E-state index contributed by atoms with van der Waals surface area (Å²) in [4.78, 5) is 32.8. The maximum absolute atomic E-state index is 14.3. The van der Waals surface area contributed by atoms with Crippen LogP contribution in [-0.4, -0.2) is 56.9 Å². The Bertz CT molecular complexity index is 1460. The Labute approximate surface area is 199 Å². The Kier molecular flexibility index (Phi) is 4.96. The molecule has 3 aromatic rings. The van der Waals surface area contributed by atoms with Gasteiger partial charge in [0.2, 0.25) is 0 Å². The van der Waals surface area contributed by atoms with Crippen LogP contribution in [0, 0.1) is 5.82 Å². The van der Waals surface area contributed by atoms with Gasteiger partial charge in [0, 0.05) is 42.2 Å². The number of ether oxygens (including phenoxy) is 2. The highest BCUT2D eigenvalue weighted by atomic mass is 19.1. The van der Waals surface area contributed by atoms with Gasteiger partial charge < -0.3 is 24.3 Å². The zero-order valence-electron chi connectivity index (χ0n) is 19.1. The molecule has 0 saturated carbocycles. The van der Waals surface area contributed by atoms with Crippen LogP contribution >= 0.6 is 0 Å². The molecule has 1 aromatic carbocycles. The average Bonchev–Trinajstić information content (AvgIpc) is 3.22. The second-order valence-electron chi connectivity index (χ2n) is 9.23. The number of pyridine rings is 2. The first kappa shape index (κ1) is 22.1. The van der Waals surface area contributed by atoms with E-state index in [1.165, 1.54) is 12.1 Å². The predicted octanol–water partition coefficient (Wildman–Crippen LogP) is 1.76. The lowest BCUT2D eigenvalue weighted by Gasteiger charge is -2.31. The lowest BCUT2D eigenvalue weighted by atomic mass is 9.86. The first-order valence-corrected chi connectivity index (χ1v) is 11.6. The molecule has 5 heterocycles. The summed E-state index contributed by atoms with van der Waals surface area (Å²) in [5.74, 6) is -2.03. The molecule has 1 saturated heterocycles. The molecule has 182 valence electrons. The highest BCUT2D eigenvalue weighted by Gasteiger charge is 2.45. The highest BCUT2D eigenvalue weighted by molar-refractivity contribution is 5.90.